The Kier molecular flexibility index (Phi) is 2.41. The normalized spacial score (nSPS) is 10.7. The van der Waals surface area contributed by atoms with Crippen LogP contribution in [-0.4, -0.2) is 0 Å². The second-order valence-electron chi connectivity index (χ2n) is 3.09. The average molecular weight is 316 g/mol. The summed E-state index contributed by atoms with van der Waals surface area (Å²) in [6, 6.07) is 7.77. The number of nitrogen functional groups attached to an aromatic ring is 2. The Hall–Kier alpha value is -0.740. The van der Waals surface area contributed by atoms with Gasteiger partial charge in [0, 0.05) is 20.3 Å². The average Bonchev–Trinajstić information content (AvgIpc) is 2.11. The highest BCUT2D eigenvalue weighted by Crippen LogP contribution is 2.31. The minimum absolute atomic E-state index is 0.722. The zero-order valence-corrected chi connectivity index (χ0v) is 10.4. The molecule has 2 nitrogen and oxygen atoms in total. The summed E-state index contributed by atoms with van der Waals surface area (Å²) in [7, 11) is 0. The van der Waals surface area contributed by atoms with Gasteiger partial charge < -0.3 is 11.5 Å². The van der Waals surface area contributed by atoms with Gasteiger partial charge in [0.05, 0.1) is 0 Å². The first kappa shape index (κ1) is 9.80. The number of halogens is 2. The van der Waals surface area contributed by atoms with E-state index in [2.05, 4.69) is 31.9 Å². The molecular weight excluding hydrogens is 308 g/mol. The van der Waals surface area contributed by atoms with E-state index in [1.807, 2.05) is 24.3 Å². The smallest absolute Gasteiger partial charge is 0.0464 e. The molecule has 0 atom stereocenters. The third-order valence-corrected chi connectivity index (χ3v) is 3.44. The van der Waals surface area contributed by atoms with Gasteiger partial charge in [0.1, 0.15) is 0 Å². The fourth-order valence-electron chi connectivity index (χ4n) is 1.33. The van der Waals surface area contributed by atoms with Crippen LogP contribution < -0.4 is 11.5 Å². The molecule has 4 heteroatoms. The lowest BCUT2D eigenvalue weighted by molar-refractivity contribution is 1.65. The molecular formula is C10H8Br2N2. The number of hydrogen-bond donors (Lipinski definition) is 2. The zero-order valence-electron chi connectivity index (χ0n) is 7.22. The lowest BCUT2D eigenvalue weighted by atomic mass is 10.1. The van der Waals surface area contributed by atoms with Gasteiger partial charge in [-0.25, -0.2) is 0 Å². The van der Waals surface area contributed by atoms with Gasteiger partial charge in [-0.2, -0.15) is 0 Å². The van der Waals surface area contributed by atoms with Crippen LogP contribution in [-0.2, 0) is 0 Å². The van der Waals surface area contributed by atoms with Gasteiger partial charge in [0.25, 0.3) is 0 Å². The number of nitrogens with two attached hydrogens (primary N) is 2. The van der Waals surface area contributed by atoms with Crippen molar-refractivity contribution in [3.05, 3.63) is 33.2 Å². The Labute approximate surface area is 98.5 Å². The van der Waals surface area contributed by atoms with Crippen LogP contribution >= 0.6 is 31.9 Å². The first-order valence-corrected chi connectivity index (χ1v) is 5.60. The van der Waals surface area contributed by atoms with Crippen LogP contribution in [0.5, 0.6) is 0 Å². The predicted octanol–water partition coefficient (Wildman–Crippen LogP) is 3.53. The van der Waals surface area contributed by atoms with Gasteiger partial charge in [0.15, 0.2) is 0 Å². The molecule has 0 amide bonds. The zero-order chi connectivity index (χ0) is 10.3. The van der Waals surface area contributed by atoms with E-state index in [4.69, 9.17) is 11.5 Å². The highest BCUT2D eigenvalue weighted by molar-refractivity contribution is 9.11. The number of benzene rings is 2. The molecule has 0 aliphatic rings. The number of rotatable bonds is 0. The molecule has 0 aliphatic carbocycles. The maximum absolute atomic E-state index is 5.77. The first-order chi connectivity index (χ1) is 6.58. The summed E-state index contributed by atoms with van der Waals surface area (Å²) >= 11 is 6.78. The van der Waals surface area contributed by atoms with Crippen molar-refractivity contribution in [2.75, 3.05) is 11.5 Å². The van der Waals surface area contributed by atoms with Gasteiger partial charge in [-0.15, -0.1) is 0 Å². The van der Waals surface area contributed by atoms with Gasteiger partial charge in [-0.1, -0.05) is 0 Å². The maximum Gasteiger partial charge on any atom is 0.0464 e. The summed E-state index contributed by atoms with van der Waals surface area (Å²) in [6.07, 6.45) is 0. The third kappa shape index (κ3) is 1.60. The summed E-state index contributed by atoms with van der Waals surface area (Å²) < 4.78 is 1.81. The fourth-order valence-corrected chi connectivity index (χ4v) is 2.05. The molecule has 0 saturated heterocycles. The third-order valence-electron chi connectivity index (χ3n) is 2.07. The summed E-state index contributed by atoms with van der Waals surface area (Å²) in [4.78, 5) is 0. The molecule has 2 aromatic rings. The van der Waals surface area contributed by atoms with Gasteiger partial charge >= 0.3 is 0 Å². The Balaban J connectivity index is 2.83. The van der Waals surface area contributed by atoms with E-state index in [1.54, 1.807) is 0 Å². The quantitative estimate of drug-likeness (QED) is 0.731. The highest BCUT2D eigenvalue weighted by atomic mass is 79.9. The summed E-state index contributed by atoms with van der Waals surface area (Å²) in [5.74, 6) is 0. The van der Waals surface area contributed by atoms with Gasteiger partial charge in [-0.3, -0.25) is 0 Å². The minimum atomic E-state index is 0.722. The molecule has 0 radical (unpaired) electrons. The fraction of sp³-hybridized carbons (Fsp3) is 0. The SMILES string of the molecule is Nc1cc2cc(N)c(Br)cc2cc1Br. The minimum Gasteiger partial charge on any atom is -0.398 e. The van der Waals surface area contributed by atoms with Gasteiger partial charge in [0.2, 0.25) is 0 Å². The van der Waals surface area contributed by atoms with Crippen LogP contribution in [0.2, 0.25) is 0 Å². The molecule has 0 saturated carbocycles. The second kappa shape index (κ2) is 3.44. The van der Waals surface area contributed by atoms with E-state index >= 15 is 0 Å². The molecule has 4 N–H and O–H groups in total. The van der Waals surface area contributed by atoms with Gasteiger partial charge in [-0.05, 0) is 66.9 Å². The van der Waals surface area contributed by atoms with Crippen molar-refractivity contribution in [2.45, 2.75) is 0 Å². The molecule has 2 rings (SSSR count). The Morgan fingerprint density at radius 3 is 1.50 bits per heavy atom. The van der Waals surface area contributed by atoms with E-state index in [0.29, 0.717) is 0 Å². The Bertz CT molecular complexity index is 420. The van der Waals surface area contributed by atoms with E-state index in [9.17, 15) is 0 Å². The lowest BCUT2D eigenvalue weighted by Crippen LogP contribution is -1.89. The van der Waals surface area contributed by atoms with E-state index in [-0.39, 0.29) is 0 Å². The van der Waals surface area contributed by atoms with Crippen LogP contribution in [0.4, 0.5) is 11.4 Å². The lowest BCUT2D eigenvalue weighted by Gasteiger charge is -2.05. The summed E-state index contributed by atoms with van der Waals surface area (Å²) in [5.41, 5.74) is 13.0. The van der Waals surface area contributed by atoms with Crippen LogP contribution in [0.15, 0.2) is 33.2 Å². The number of hydrogen-bond acceptors (Lipinski definition) is 2. The van der Waals surface area contributed by atoms with Crippen LogP contribution in [0.1, 0.15) is 0 Å². The van der Waals surface area contributed by atoms with Crippen LogP contribution in [0, 0.1) is 0 Å². The van der Waals surface area contributed by atoms with Crippen molar-refractivity contribution in [2.24, 2.45) is 0 Å². The molecule has 0 fully saturated rings. The van der Waals surface area contributed by atoms with Crippen molar-refractivity contribution in [1.82, 2.24) is 0 Å². The van der Waals surface area contributed by atoms with Crippen molar-refractivity contribution in [3.8, 4) is 0 Å². The molecule has 72 valence electrons. The standard InChI is InChI=1S/C10H8Br2N2/c11-7-1-5-2-8(12)10(14)4-6(5)3-9(7)13/h1-4H,13-14H2. The molecule has 0 bridgehead atoms. The van der Waals surface area contributed by atoms with Crippen molar-refractivity contribution in [3.63, 3.8) is 0 Å². The Morgan fingerprint density at radius 1 is 0.714 bits per heavy atom. The molecule has 0 unspecified atom stereocenters. The molecule has 0 aromatic heterocycles. The highest BCUT2D eigenvalue weighted by Gasteiger charge is 2.02. The molecule has 14 heavy (non-hydrogen) atoms. The monoisotopic (exact) mass is 314 g/mol. The van der Waals surface area contributed by atoms with Crippen LogP contribution in [0.3, 0.4) is 0 Å². The predicted molar refractivity (Wildman–Crippen MR) is 68.2 cm³/mol. The van der Waals surface area contributed by atoms with E-state index < -0.39 is 0 Å². The summed E-state index contributed by atoms with van der Waals surface area (Å²) in [6.45, 7) is 0. The van der Waals surface area contributed by atoms with Crippen molar-refractivity contribution in [1.29, 1.82) is 0 Å². The molecule has 0 heterocycles. The molecule has 2 aromatic carbocycles. The van der Waals surface area contributed by atoms with Crippen molar-refractivity contribution < 1.29 is 0 Å². The topological polar surface area (TPSA) is 52.0 Å². The largest absolute Gasteiger partial charge is 0.398 e. The maximum atomic E-state index is 5.77. The first-order valence-electron chi connectivity index (χ1n) is 4.01. The molecule has 0 aliphatic heterocycles. The van der Waals surface area contributed by atoms with E-state index in [0.717, 1.165) is 31.1 Å². The van der Waals surface area contributed by atoms with Crippen LogP contribution in [0.25, 0.3) is 10.8 Å². The van der Waals surface area contributed by atoms with E-state index in [1.165, 1.54) is 0 Å². The summed E-state index contributed by atoms with van der Waals surface area (Å²) in [5, 5.41) is 2.15. The van der Waals surface area contributed by atoms with Crippen molar-refractivity contribution >= 4 is 54.0 Å². The number of fused-ring (bicyclic) bond motifs is 1. The number of anilines is 2. The second-order valence-corrected chi connectivity index (χ2v) is 4.80. The molecule has 0 spiro atoms. The Morgan fingerprint density at radius 2 is 1.07 bits per heavy atom.